The first kappa shape index (κ1) is 15.3. The van der Waals surface area contributed by atoms with Crippen molar-refractivity contribution in [3.63, 3.8) is 0 Å². The van der Waals surface area contributed by atoms with E-state index in [1.54, 1.807) is 10.7 Å². The number of rotatable bonds is 3. The highest BCUT2D eigenvalue weighted by Gasteiger charge is 2.13. The van der Waals surface area contributed by atoms with E-state index in [9.17, 15) is 0 Å². The van der Waals surface area contributed by atoms with Gasteiger partial charge in [-0.25, -0.2) is 9.50 Å². The molecule has 5 nitrogen and oxygen atoms in total. The third kappa shape index (κ3) is 2.63. The molecule has 2 aromatic carbocycles. The largest absolute Gasteiger partial charge is 0.305 e. The molecule has 0 radical (unpaired) electrons. The first-order chi connectivity index (χ1) is 12.2. The van der Waals surface area contributed by atoms with E-state index in [-0.39, 0.29) is 0 Å². The number of fused-ring (bicyclic) bond motifs is 2. The smallest absolute Gasteiger partial charge is 0.172 e. The van der Waals surface area contributed by atoms with Gasteiger partial charge in [-0.3, -0.25) is 0 Å². The summed E-state index contributed by atoms with van der Waals surface area (Å²) >= 11 is 0. The number of nitriles is 1. The van der Waals surface area contributed by atoms with Crippen LogP contribution in [-0.4, -0.2) is 33.6 Å². The summed E-state index contributed by atoms with van der Waals surface area (Å²) in [4.78, 5) is 6.63. The number of hydrogen-bond donors (Lipinski definition) is 0. The summed E-state index contributed by atoms with van der Waals surface area (Å²) in [6.45, 7) is 0.834. The summed E-state index contributed by atoms with van der Waals surface area (Å²) in [5.41, 5.74) is 4.46. The van der Waals surface area contributed by atoms with Gasteiger partial charge in [0.05, 0.1) is 6.20 Å². The molecule has 5 heteroatoms. The first-order valence-corrected chi connectivity index (χ1v) is 8.06. The zero-order chi connectivity index (χ0) is 17.4. The molecule has 2 aromatic heterocycles. The van der Waals surface area contributed by atoms with E-state index in [4.69, 9.17) is 5.26 Å². The third-order valence-corrected chi connectivity index (χ3v) is 4.27. The second kappa shape index (κ2) is 6.00. The van der Waals surface area contributed by atoms with Crippen LogP contribution in [0.15, 0.2) is 55.0 Å². The molecule has 0 aliphatic rings. The molecule has 0 saturated heterocycles. The predicted octanol–water partition coefficient (Wildman–Crippen LogP) is 3.48. The fourth-order valence-corrected chi connectivity index (χ4v) is 3.21. The topological polar surface area (TPSA) is 57.2 Å². The first-order valence-electron chi connectivity index (χ1n) is 8.06. The maximum atomic E-state index is 9.15. The Morgan fingerprint density at radius 3 is 2.76 bits per heavy atom. The summed E-state index contributed by atoms with van der Waals surface area (Å²) in [7, 11) is 4.13. The van der Waals surface area contributed by atoms with Crippen molar-refractivity contribution in [1.29, 1.82) is 5.26 Å². The molecule has 0 N–H and O–H groups in total. The minimum atomic E-state index is 0.484. The second-order valence-corrected chi connectivity index (χ2v) is 6.34. The maximum absolute atomic E-state index is 9.15. The van der Waals surface area contributed by atoms with Crippen LogP contribution in [0, 0.1) is 11.3 Å². The van der Waals surface area contributed by atoms with Gasteiger partial charge in [0.1, 0.15) is 11.6 Å². The van der Waals surface area contributed by atoms with Gasteiger partial charge in [-0.1, -0.05) is 36.4 Å². The molecule has 2 heterocycles. The highest BCUT2D eigenvalue weighted by molar-refractivity contribution is 5.98. The van der Waals surface area contributed by atoms with E-state index in [0.717, 1.165) is 17.7 Å². The van der Waals surface area contributed by atoms with Crippen LogP contribution in [0.3, 0.4) is 0 Å². The minimum absolute atomic E-state index is 0.484. The molecule has 0 bridgehead atoms. The van der Waals surface area contributed by atoms with Crippen LogP contribution in [-0.2, 0) is 6.54 Å². The van der Waals surface area contributed by atoms with E-state index in [1.165, 1.54) is 16.3 Å². The standard InChI is InChI=1S/C20H17N5/c1-24(2)12-15-8-7-14-5-3-4-6-18(14)19(15)17-10-22-20-16(9-21)11-23-25(20)13-17/h3-8,10-11,13H,12H2,1-2H3. The molecular weight excluding hydrogens is 310 g/mol. The molecule has 0 atom stereocenters. The lowest BCUT2D eigenvalue weighted by Gasteiger charge is -2.17. The molecular formula is C20H17N5. The van der Waals surface area contributed by atoms with E-state index in [1.807, 2.05) is 18.5 Å². The lowest BCUT2D eigenvalue weighted by atomic mass is 9.94. The quantitative estimate of drug-likeness (QED) is 0.578. The van der Waals surface area contributed by atoms with Crippen LogP contribution in [0.4, 0.5) is 0 Å². The molecule has 4 rings (SSSR count). The molecule has 25 heavy (non-hydrogen) atoms. The van der Waals surface area contributed by atoms with Gasteiger partial charge in [-0.2, -0.15) is 10.4 Å². The number of hydrogen-bond acceptors (Lipinski definition) is 4. The maximum Gasteiger partial charge on any atom is 0.172 e. The Hall–Kier alpha value is -3.23. The molecule has 0 unspecified atom stereocenters. The summed E-state index contributed by atoms with van der Waals surface area (Å²) in [6, 6.07) is 14.8. The average Bonchev–Trinajstić information content (AvgIpc) is 3.03. The molecule has 0 aliphatic carbocycles. The summed E-state index contributed by atoms with van der Waals surface area (Å²) in [6.07, 6.45) is 5.33. The zero-order valence-corrected chi connectivity index (χ0v) is 14.1. The second-order valence-electron chi connectivity index (χ2n) is 6.34. The Labute approximate surface area is 145 Å². The highest BCUT2D eigenvalue weighted by atomic mass is 15.2. The zero-order valence-electron chi connectivity index (χ0n) is 14.1. The normalized spacial score (nSPS) is 11.3. The van der Waals surface area contributed by atoms with Crippen molar-refractivity contribution in [2.24, 2.45) is 0 Å². The van der Waals surface area contributed by atoms with Crippen molar-refractivity contribution >= 4 is 16.4 Å². The van der Waals surface area contributed by atoms with Crippen LogP contribution < -0.4 is 0 Å². The van der Waals surface area contributed by atoms with Crippen LogP contribution in [0.1, 0.15) is 11.1 Å². The fourth-order valence-electron chi connectivity index (χ4n) is 3.21. The molecule has 4 aromatic rings. The van der Waals surface area contributed by atoms with Crippen molar-refractivity contribution in [2.75, 3.05) is 14.1 Å². The molecule has 0 saturated carbocycles. The Morgan fingerprint density at radius 1 is 1.12 bits per heavy atom. The Balaban J connectivity index is 1.99. The average molecular weight is 327 g/mol. The van der Waals surface area contributed by atoms with Gasteiger partial charge < -0.3 is 4.90 Å². The minimum Gasteiger partial charge on any atom is -0.305 e. The van der Waals surface area contributed by atoms with Gasteiger partial charge >= 0.3 is 0 Å². The highest BCUT2D eigenvalue weighted by Crippen LogP contribution is 2.32. The Morgan fingerprint density at radius 2 is 1.96 bits per heavy atom. The van der Waals surface area contributed by atoms with Gasteiger partial charge in [-0.05, 0) is 36.0 Å². The number of aromatic nitrogens is 3. The number of benzene rings is 2. The van der Waals surface area contributed by atoms with Gasteiger partial charge in [-0.15, -0.1) is 0 Å². The van der Waals surface area contributed by atoms with Crippen molar-refractivity contribution in [3.8, 4) is 17.2 Å². The monoisotopic (exact) mass is 327 g/mol. The van der Waals surface area contributed by atoms with E-state index < -0.39 is 0 Å². The fraction of sp³-hybridized carbons (Fsp3) is 0.150. The van der Waals surface area contributed by atoms with Gasteiger partial charge in [0, 0.05) is 24.5 Å². The van der Waals surface area contributed by atoms with Crippen molar-refractivity contribution < 1.29 is 0 Å². The van der Waals surface area contributed by atoms with Gasteiger partial charge in [0.25, 0.3) is 0 Å². The Kier molecular flexibility index (Phi) is 3.68. The Bertz CT molecular complexity index is 1120. The van der Waals surface area contributed by atoms with Gasteiger partial charge in [0.15, 0.2) is 5.65 Å². The van der Waals surface area contributed by atoms with Crippen molar-refractivity contribution in [2.45, 2.75) is 6.54 Å². The van der Waals surface area contributed by atoms with E-state index in [2.05, 4.69) is 65.5 Å². The van der Waals surface area contributed by atoms with Crippen molar-refractivity contribution in [3.05, 3.63) is 66.1 Å². The lowest BCUT2D eigenvalue weighted by Crippen LogP contribution is -2.11. The third-order valence-electron chi connectivity index (χ3n) is 4.27. The summed E-state index contributed by atoms with van der Waals surface area (Å²) < 4.78 is 1.68. The summed E-state index contributed by atoms with van der Waals surface area (Å²) in [5, 5.41) is 15.8. The predicted molar refractivity (Wildman–Crippen MR) is 98.0 cm³/mol. The molecule has 0 fully saturated rings. The summed E-state index contributed by atoms with van der Waals surface area (Å²) in [5.74, 6) is 0. The van der Waals surface area contributed by atoms with Crippen LogP contribution in [0.25, 0.3) is 27.5 Å². The molecule has 0 amide bonds. The van der Waals surface area contributed by atoms with Crippen LogP contribution in [0.5, 0.6) is 0 Å². The van der Waals surface area contributed by atoms with Crippen LogP contribution in [0.2, 0.25) is 0 Å². The van der Waals surface area contributed by atoms with Crippen molar-refractivity contribution in [1.82, 2.24) is 19.5 Å². The number of nitrogens with zero attached hydrogens (tertiary/aromatic N) is 5. The van der Waals surface area contributed by atoms with E-state index in [0.29, 0.717) is 11.2 Å². The molecule has 0 aliphatic heterocycles. The molecule has 0 spiro atoms. The van der Waals surface area contributed by atoms with Crippen LogP contribution >= 0.6 is 0 Å². The van der Waals surface area contributed by atoms with Gasteiger partial charge in [0.2, 0.25) is 0 Å². The molecule has 122 valence electrons. The SMILES string of the molecule is CN(C)Cc1ccc2ccccc2c1-c1cnc2c(C#N)cnn2c1. The lowest BCUT2D eigenvalue weighted by molar-refractivity contribution is 0.403. The van der Waals surface area contributed by atoms with E-state index >= 15 is 0 Å².